The van der Waals surface area contributed by atoms with E-state index in [4.69, 9.17) is 14.6 Å². The van der Waals surface area contributed by atoms with Crippen LogP contribution in [0.4, 0.5) is 5.69 Å². The summed E-state index contributed by atoms with van der Waals surface area (Å²) in [6, 6.07) is 6.10. The molecule has 222 valence electrons. The summed E-state index contributed by atoms with van der Waals surface area (Å²) < 4.78 is 10.6. The van der Waals surface area contributed by atoms with Crippen LogP contribution in [-0.4, -0.2) is 63.0 Å². The second-order valence-corrected chi connectivity index (χ2v) is 11.3. The number of anilines is 1. The molecule has 41 heavy (non-hydrogen) atoms. The monoisotopic (exact) mass is 567 g/mol. The van der Waals surface area contributed by atoms with Gasteiger partial charge in [0, 0.05) is 11.8 Å². The van der Waals surface area contributed by atoms with Crippen LogP contribution >= 0.6 is 0 Å². The van der Waals surface area contributed by atoms with Crippen LogP contribution in [0.5, 0.6) is 5.75 Å². The molecule has 0 radical (unpaired) electrons. The molecule has 1 aromatic rings. The van der Waals surface area contributed by atoms with E-state index < -0.39 is 36.7 Å². The van der Waals surface area contributed by atoms with E-state index in [-0.39, 0.29) is 17.1 Å². The lowest BCUT2D eigenvalue weighted by Crippen LogP contribution is -2.61. The van der Waals surface area contributed by atoms with Gasteiger partial charge in [-0.3, -0.25) is 4.79 Å². The quantitative estimate of drug-likeness (QED) is 0.218. The minimum atomic E-state index is -1.80. The van der Waals surface area contributed by atoms with Gasteiger partial charge in [0.15, 0.2) is 6.10 Å². The topological polar surface area (TPSA) is 146 Å². The molecule has 0 spiro atoms. The third-order valence-electron chi connectivity index (χ3n) is 7.32. The third kappa shape index (κ3) is 8.74. The fourth-order valence-electron chi connectivity index (χ4n) is 4.97. The number of aliphatic carboxylic acids is 1. The van der Waals surface area contributed by atoms with Crippen LogP contribution in [-0.2, 0) is 14.3 Å². The number of amides is 1. The lowest BCUT2D eigenvalue weighted by Gasteiger charge is -2.38. The van der Waals surface area contributed by atoms with E-state index >= 15 is 0 Å². The van der Waals surface area contributed by atoms with Gasteiger partial charge in [-0.2, -0.15) is 0 Å². The zero-order valence-electron chi connectivity index (χ0n) is 24.2. The Balaban J connectivity index is 1.54. The normalized spacial score (nSPS) is 27.4. The van der Waals surface area contributed by atoms with E-state index in [2.05, 4.69) is 38.2 Å². The van der Waals surface area contributed by atoms with E-state index in [1.807, 2.05) is 32.1 Å². The van der Waals surface area contributed by atoms with Crippen LogP contribution in [0.3, 0.4) is 0 Å². The Labute approximate surface area is 241 Å². The number of benzene rings is 1. The first-order valence-electron chi connectivity index (χ1n) is 13.7. The van der Waals surface area contributed by atoms with E-state index in [9.17, 15) is 24.9 Å². The molecule has 1 heterocycles. The molecule has 0 bridgehead atoms. The highest BCUT2D eigenvalue weighted by Gasteiger charge is 2.48. The van der Waals surface area contributed by atoms with Crippen molar-refractivity contribution < 1.29 is 39.5 Å². The fraction of sp³-hybridized carbons (Fsp3) is 0.438. The van der Waals surface area contributed by atoms with Crippen molar-refractivity contribution in [2.24, 2.45) is 5.41 Å². The number of allylic oxidation sites excluding steroid dienone is 9. The number of carboxylic acids is 1. The number of ether oxygens (including phenoxy) is 2. The summed E-state index contributed by atoms with van der Waals surface area (Å²) in [6.07, 6.45) is 6.69. The lowest BCUT2D eigenvalue weighted by atomic mass is 9.72. The molecule has 1 aromatic carbocycles. The summed E-state index contributed by atoms with van der Waals surface area (Å²) >= 11 is 0. The first-order valence-corrected chi connectivity index (χ1v) is 13.7. The van der Waals surface area contributed by atoms with Gasteiger partial charge in [0.1, 0.15) is 24.1 Å². The Morgan fingerprint density at radius 3 is 2.34 bits per heavy atom. The van der Waals surface area contributed by atoms with Crippen molar-refractivity contribution in [2.45, 2.75) is 84.6 Å². The van der Waals surface area contributed by atoms with Crippen LogP contribution in [0.25, 0.3) is 0 Å². The minimum Gasteiger partial charge on any atom is -0.479 e. The van der Waals surface area contributed by atoms with E-state index in [0.717, 1.165) is 17.6 Å². The smallest absolute Gasteiger partial charge is 0.335 e. The van der Waals surface area contributed by atoms with Crippen molar-refractivity contribution >= 4 is 17.6 Å². The number of hydrogen-bond donors (Lipinski definition) is 5. The average molecular weight is 568 g/mol. The van der Waals surface area contributed by atoms with Gasteiger partial charge < -0.3 is 35.2 Å². The predicted molar refractivity (Wildman–Crippen MR) is 156 cm³/mol. The van der Waals surface area contributed by atoms with E-state index in [1.54, 1.807) is 12.1 Å². The Kier molecular flexibility index (Phi) is 10.9. The summed E-state index contributed by atoms with van der Waals surface area (Å²) in [4.78, 5) is 23.7. The van der Waals surface area contributed by atoms with Crippen LogP contribution in [0, 0.1) is 5.41 Å². The van der Waals surface area contributed by atoms with Crippen LogP contribution in [0.15, 0.2) is 83.0 Å². The van der Waals surface area contributed by atoms with Gasteiger partial charge >= 0.3 is 5.97 Å². The van der Waals surface area contributed by atoms with Gasteiger partial charge in [-0.25, -0.2) is 4.79 Å². The van der Waals surface area contributed by atoms with Crippen molar-refractivity contribution in [3.63, 3.8) is 0 Å². The number of aliphatic hydroxyl groups excluding tert-OH is 3. The summed E-state index contributed by atoms with van der Waals surface area (Å²) in [6.45, 7) is 10.7. The molecule has 1 fully saturated rings. The first kappa shape index (κ1) is 32.0. The Morgan fingerprint density at radius 1 is 1.02 bits per heavy atom. The zero-order chi connectivity index (χ0) is 30.3. The molecular weight excluding hydrogens is 526 g/mol. The average Bonchev–Trinajstić information content (AvgIpc) is 2.89. The fourth-order valence-corrected chi connectivity index (χ4v) is 4.97. The van der Waals surface area contributed by atoms with Crippen molar-refractivity contribution in [1.82, 2.24) is 0 Å². The molecule has 2 aliphatic rings. The Bertz CT molecular complexity index is 1250. The van der Waals surface area contributed by atoms with Gasteiger partial charge in [-0.05, 0) is 80.9 Å². The van der Waals surface area contributed by atoms with Gasteiger partial charge in [-0.15, -0.1) is 0 Å². The van der Waals surface area contributed by atoms with Crippen LogP contribution < -0.4 is 10.1 Å². The van der Waals surface area contributed by atoms with Crippen molar-refractivity contribution in [3.8, 4) is 5.75 Å². The molecule has 0 unspecified atom stereocenters. The predicted octanol–water partition coefficient (Wildman–Crippen LogP) is 4.43. The SMILES string of the molecule is CC1=C(/C=C/C(C)=C/C=C/C(C)=C/C(=O)Nc2ccc(O[C@@H]3O[C@H](C(=O)O)[C@@H](O)[C@H](O)[C@H]3O)cc2)C(C)(C)CCC1. The number of nitrogens with one attached hydrogen (secondary N) is 1. The molecule has 5 atom stereocenters. The van der Waals surface area contributed by atoms with Crippen LogP contribution in [0.2, 0.25) is 0 Å². The van der Waals surface area contributed by atoms with E-state index in [1.165, 1.54) is 42.2 Å². The van der Waals surface area contributed by atoms with Gasteiger partial charge in [0.2, 0.25) is 12.2 Å². The summed E-state index contributed by atoms with van der Waals surface area (Å²) in [5.74, 6) is -1.62. The molecule has 9 heteroatoms. The maximum Gasteiger partial charge on any atom is 0.335 e. The highest BCUT2D eigenvalue weighted by Crippen LogP contribution is 2.40. The molecule has 0 aromatic heterocycles. The van der Waals surface area contributed by atoms with Crippen molar-refractivity contribution in [3.05, 3.63) is 83.0 Å². The highest BCUT2D eigenvalue weighted by molar-refractivity contribution is 6.00. The molecule has 1 aliphatic heterocycles. The Hall–Kier alpha value is -3.50. The van der Waals surface area contributed by atoms with Gasteiger partial charge in [0.25, 0.3) is 0 Å². The number of hydrogen-bond acceptors (Lipinski definition) is 7. The second-order valence-electron chi connectivity index (χ2n) is 11.3. The van der Waals surface area contributed by atoms with Gasteiger partial charge in [-0.1, -0.05) is 55.4 Å². The minimum absolute atomic E-state index is 0.195. The summed E-state index contributed by atoms with van der Waals surface area (Å²) in [7, 11) is 0. The third-order valence-corrected chi connectivity index (χ3v) is 7.32. The summed E-state index contributed by atoms with van der Waals surface area (Å²) in [5, 5.41) is 41.7. The largest absolute Gasteiger partial charge is 0.479 e. The van der Waals surface area contributed by atoms with E-state index in [0.29, 0.717) is 5.69 Å². The molecule has 1 saturated heterocycles. The maximum atomic E-state index is 12.5. The van der Waals surface area contributed by atoms with Crippen molar-refractivity contribution in [2.75, 3.05) is 5.32 Å². The molecule has 5 N–H and O–H groups in total. The molecule has 1 aliphatic carbocycles. The number of carboxylic acid groups (broad SMARTS) is 1. The molecule has 1 amide bonds. The van der Waals surface area contributed by atoms with Gasteiger partial charge in [0.05, 0.1) is 0 Å². The molecular formula is C32H41NO8. The highest BCUT2D eigenvalue weighted by atomic mass is 16.7. The lowest BCUT2D eigenvalue weighted by molar-refractivity contribution is -0.271. The molecule has 3 rings (SSSR count). The Morgan fingerprint density at radius 2 is 1.71 bits per heavy atom. The molecule has 9 nitrogen and oxygen atoms in total. The number of carbonyl (C=O) groups excluding carboxylic acids is 1. The number of aliphatic hydroxyl groups is 3. The van der Waals surface area contributed by atoms with Crippen molar-refractivity contribution in [1.29, 1.82) is 0 Å². The first-order chi connectivity index (χ1) is 19.3. The maximum absolute atomic E-state index is 12.5. The number of carbonyl (C=O) groups is 2. The zero-order valence-corrected chi connectivity index (χ0v) is 24.2. The number of rotatable bonds is 9. The second kappa shape index (κ2) is 13.9. The summed E-state index contributed by atoms with van der Waals surface area (Å²) in [5.41, 5.74) is 5.42. The standard InChI is InChI=1S/C32H41NO8/c1-19(11-16-24-21(3)10-7-17-32(24,4)5)8-6-9-20(2)18-25(34)33-22-12-14-23(15-13-22)40-31-28(37)26(35)27(36)29(41-31)30(38)39/h6,8-9,11-16,18,26-29,31,35-37H,7,10,17H2,1-5H3,(H,33,34)(H,38,39)/b9-6+,16-11+,19-8+,20-18+/t26-,27-,28+,29-,31+/m0/s1. The molecule has 0 saturated carbocycles. The van der Waals surface area contributed by atoms with Crippen LogP contribution in [0.1, 0.15) is 53.9 Å².